The lowest BCUT2D eigenvalue weighted by Gasteiger charge is -2.38. The van der Waals surface area contributed by atoms with E-state index < -0.39 is 92.5 Å². The van der Waals surface area contributed by atoms with E-state index in [1.165, 1.54) is 11.0 Å². The Kier molecular flexibility index (Phi) is 12.2. The summed E-state index contributed by atoms with van der Waals surface area (Å²) in [6.45, 7) is 16.3. The number of rotatable bonds is 14. The third-order valence-electron chi connectivity index (χ3n) is 9.98. The first-order valence-corrected chi connectivity index (χ1v) is 18.4. The maximum atomic E-state index is 14.4. The number of urea groups is 1. The molecule has 1 saturated heterocycles. The van der Waals surface area contributed by atoms with E-state index in [-0.39, 0.29) is 26.1 Å². The van der Waals surface area contributed by atoms with E-state index in [0.29, 0.717) is 24.0 Å². The Morgan fingerprint density at radius 3 is 2.08 bits per heavy atom. The summed E-state index contributed by atoms with van der Waals surface area (Å²) in [5.41, 5.74) is -0.893. The minimum Gasteiger partial charge on any atom is -0.346 e. The number of carbonyl (C=O) groups excluding carboxylic acids is 7. The van der Waals surface area contributed by atoms with Gasteiger partial charge in [-0.05, 0) is 29.4 Å². The van der Waals surface area contributed by atoms with Gasteiger partial charge in [0.15, 0.2) is 0 Å². The number of Topliss-reactive ketones (excluding diaryl/α,β-unsaturated/α-hetero) is 1. The molecule has 1 aromatic rings. The van der Waals surface area contributed by atoms with Crippen molar-refractivity contribution in [1.82, 2.24) is 31.1 Å². The van der Waals surface area contributed by atoms with Crippen LogP contribution < -0.4 is 21.3 Å². The molecule has 1 aliphatic carbocycles. The number of unbranched alkanes of at least 4 members (excludes halogenated alkanes) is 1. The third-order valence-corrected chi connectivity index (χ3v) is 11.0. The molecule has 3 aliphatic rings. The third kappa shape index (κ3) is 8.46. The molecule has 2 heterocycles. The molecular weight excluding hydrogens is 711 g/mol. The maximum Gasteiger partial charge on any atom is 0.315 e. The molecule has 1 saturated carbocycles. The molecule has 0 spiro atoms. The molecule has 6 atom stereocenters. The highest BCUT2D eigenvalue weighted by atomic mass is 35.5. The maximum absolute atomic E-state index is 14.4. The molecule has 13 nitrogen and oxygen atoms in total. The van der Waals surface area contributed by atoms with E-state index in [4.69, 9.17) is 23.2 Å². The van der Waals surface area contributed by atoms with Gasteiger partial charge < -0.3 is 26.2 Å². The predicted octanol–water partition coefficient (Wildman–Crippen LogP) is 3.59. The van der Waals surface area contributed by atoms with Crippen molar-refractivity contribution < 1.29 is 33.6 Å². The summed E-state index contributed by atoms with van der Waals surface area (Å²) in [5.74, 6) is -4.92. The highest BCUT2D eigenvalue weighted by molar-refractivity contribution is 6.51. The SMILES string of the molecule is C=CCNC(=O)C(=O)C(CCCC)NC(=O)[C@@H]1[C@@H]2[C@H](CN1C(=O)[C@@H](NC(=O)N[C@H](CN1C(=O)c3ccccc3C1=O)C(C)(C)C)C(C)(C)C)C2(Cl)Cl. The summed E-state index contributed by atoms with van der Waals surface area (Å²) in [7, 11) is 0. The molecule has 0 bridgehead atoms. The standard InChI is InChI=1S/C37H50Cl2N6O7/c1-9-11-16-23(27(46)30(48)40-17-10-2)41-29(47)26-25-22(37(25,38)39)18-44(26)33(51)28(36(6,7)8)43-34(52)42-24(35(3,4)5)19-45-31(49)20-14-12-13-15-21(20)32(45)50/h10,12-15,22-26,28H,2,9,11,16-19H2,1,3-8H3,(H,40,48)(H,41,47)(H2,42,43,52)/t22-,23?,24+,25-,26-,28+/m0/s1. The normalized spacial score (nSPS) is 22.1. The quantitative estimate of drug-likeness (QED) is 0.0971. The lowest BCUT2D eigenvalue weighted by atomic mass is 9.85. The smallest absolute Gasteiger partial charge is 0.315 e. The molecule has 1 aromatic carbocycles. The van der Waals surface area contributed by atoms with Gasteiger partial charge >= 0.3 is 6.03 Å². The molecule has 4 N–H and O–H groups in total. The predicted molar refractivity (Wildman–Crippen MR) is 197 cm³/mol. The summed E-state index contributed by atoms with van der Waals surface area (Å²) in [4.78, 5) is 96.4. The molecule has 15 heteroatoms. The lowest BCUT2D eigenvalue weighted by molar-refractivity contribution is -0.144. The Morgan fingerprint density at radius 2 is 1.56 bits per heavy atom. The van der Waals surface area contributed by atoms with Gasteiger partial charge in [-0.15, -0.1) is 29.8 Å². The number of nitrogens with zero attached hydrogens (tertiary/aromatic N) is 2. The first-order chi connectivity index (χ1) is 24.2. The van der Waals surface area contributed by atoms with Gasteiger partial charge in [-0.3, -0.25) is 33.7 Å². The van der Waals surface area contributed by atoms with Crippen LogP contribution in [0.3, 0.4) is 0 Å². The van der Waals surface area contributed by atoms with Gasteiger partial charge in [0.25, 0.3) is 17.7 Å². The summed E-state index contributed by atoms with van der Waals surface area (Å²) >= 11 is 13.1. The van der Waals surface area contributed by atoms with Crippen LogP contribution in [0.2, 0.25) is 0 Å². The van der Waals surface area contributed by atoms with Crippen LogP contribution >= 0.6 is 23.2 Å². The van der Waals surface area contributed by atoms with Gasteiger partial charge in [0, 0.05) is 24.9 Å². The number of fused-ring (bicyclic) bond motifs is 2. The highest BCUT2D eigenvalue weighted by Crippen LogP contribution is 2.65. The summed E-state index contributed by atoms with van der Waals surface area (Å²) in [6, 6.07) is 1.63. The van der Waals surface area contributed by atoms with Gasteiger partial charge in [0.1, 0.15) is 16.4 Å². The average Bonchev–Trinajstić information content (AvgIpc) is 3.32. The van der Waals surface area contributed by atoms with Crippen LogP contribution in [-0.4, -0.2) is 99.3 Å². The molecule has 52 heavy (non-hydrogen) atoms. The number of imide groups is 1. The topological polar surface area (TPSA) is 174 Å². The fourth-order valence-electron chi connectivity index (χ4n) is 6.75. The molecular formula is C37H50Cl2N6O7. The Hall–Kier alpha value is -3.97. The Balaban J connectivity index is 1.53. The molecule has 284 valence electrons. The van der Waals surface area contributed by atoms with Crippen molar-refractivity contribution >= 4 is 64.6 Å². The van der Waals surface area contributed by atoms with Crippen molar-refractivity contribution in [3.8, 4) is 0 Å². The molecule has 1 unspecified atom stereocenters. The number of likely N-dealkylation sites (tertiary alicyclic amines) is 1. The number of carbonyl (C=O) groups is 7. The summed E-state index contributed by atoms with van der Waals surface area (Å²) in [6.07, 6.45) is 2.88. The molecule has 7 amide bonds. The van der Waals surface area contributed by atoms with Crippen LogP contribution in [0, 0.1) is 22.7 Å². The molecule has 2 fully saturated rings. The number of amides is 7. The number of piperidine rings is 1. The van der Waals surface area contributed by atoms with E-state index in [9.17, 15) is 33.6 Å². The number of alkyl halides is 2. The van der Waals surface area contributed by atoms with Crippen LogP contribution in [0.15, 0.2) is 36.9 Å². The number of ketones is 1. The van der Waals surface area contributed by atoms with Crippen molar-refractivity contribution in [2.45, 2.75) is 96.2 Å². The first-order valence-electron chi connectivity index (χ1n) is 17.6. The zero-order chi connectivity index (χ0) is 38.9. The summed E-state index contributed by atoms with van der Waals surface area (Å²) < 4.78 is -1.28. The van der Waals surface area contributed by atoms with Gasteiger partial charge in [-0.25, -0.2) is 4.79 Å². The van der Waals surface area contributed by atoms with Crippen molar-refractivity contribution in [2.75, 3.05) is 19.6 Å². The van der Waals surface area contributed by atoms with Crippen LogP contribution in [0.1, 0.15) is 88.4 Å². The van der Waals surface area contributed by atoms with Crippen molar-refractivity contribution in [1.29, 1.82) is 0 Å². The minimum atomic E-state index is -1.28. The van der Waals surface area contributed by atoms with E-state index in [2.05, 4.69) is 27.8 Å². The molecule has 0 radical (unpaired) electrons. The number of hydrogen-bond donors (Lipinski definition) is 4. The van der Waals surface area contributed by atoms with Gasteiger partial charge in [0.2, 0.25) is 17.6 Å². The molecule has 0 aromatic heterocycles. The van der Waals surface area contributed by atoms with Crippen molar-refractivity contribution in [2.24, 2.45) is 22.7 Å². The zero-order valence-electron chi connectivity index (χ0n) is 30.8. The highest BCUT2D eigenvalue weighted by Gasteiger charge is 2.74. The largest absolute Gasteiger partial charge is 0.346 e. The first kappa shape index (κ1) is 40.8. The fourth-order valence-corrected chi connectivity index (χ4v) is 7.57. The Labute approximate surface area is 314 Å². The number of nitrogens with one attached hydrogen (secondary N) is 4. The second kappa shape index (κ2) is 15.6. The molecule has 2 aliphatic heterocycles. The van der Waals surface area contributed by atoms with Gasteiger partial charge in [0.05, 0.1) is 29.8 Å². The molecule has 4 rings (SSSR count). The van der Waals surface area contributed by atoms with Gasteiger partial charge in [-0.1, -0.05) is 79.5 Å². The summed E-state index contributed by atoms with van der Waals surface area (Å²) in [5, 5.41) is 10.8. The zero-order valence-corrected chi connectivity index (χ0v) is 32.3. The number of benzene rings is 1. The second-order valence-electron chi connectivity index (χ2n) is 15.9. The lowest BCUT2D eigenvalue weighted by Crippen LogP contribution is -2.63. The average molecular weight is 762 g/mol. The van der Waals surface area contributed by atoms with E-state index in [1.807, 2.05) is 27.7 Å². The van der Waals surface area contributed by atoms with Crippen LogP contribution in [0.5, 0.6) is 0 Å². The second-order valence-corrected chi connectivity index (χ2v) is 17.4. The Bertz CT molecular complexity index is 1600. The fraction of sp³-hybridized carbons (Fsp3) is 0.595. The van der Waals surface area contributed by atoms with E-state index >= 15 is 0 Å². The van der Waals surface area contributed by atoms with E-state index in [0.717, 1.165) is 4.90 Å². The number of hydrogen-bond acceptors (Lipinski definition) is 7. The van der Waals surface area contributed by atoms with Crippen LogP contribution in [-0.2, 0) is 19.2 Å². The van der Waals surface area contributed by atoms with Gasteiger partial charge in [-0.2, -0.15) is 0 Å². The van der Waals surface area contributed by atoms with Crippen molar-refractivity contribution in [3.63, 3.8) is 0 Å². The van der Waals surface area contributed by atoms with Crippen LogP contribution in [0.4, 0.5) is 4.79 Å². The Morgan fingerprint density at radius 1 is 0.962 bits per heavy atom. The number of halogens is 2. The van der Waals surface area contributed by atoms with Crippen LogP contribution in [0.25, 0.3) is 0 Å². The van der Waals surface area contributed by atoms with Crippen molar-refractivity contribution in [3.05, 3.63) is 48.0 Å². The monoisotopic (exact) mass is 760 g/mol. The van der Waals surface area contributed by atoms with E-state index in [1.54, 1.807) is 45.0 Å². The minimum absolute atomic E-state index is 0.0300.